The molecule has 2 N–H and O–H groups in total. The van der Waals surface area contributed by atoms with Gasteiger partial charge in [0.15, 0.2) is 6.61 Å². The van der Waals surface area contributed by atoms with Crippen molar-refractivity contribution in [1.29, 1.82) is 0 Å². The lowest BCUT2D eigenvalue weighted by atomic mass is 9.46. The van der Waals surface area contributed by atoms with Crippen LogP contribution < -0.4 is 10.6 Å². The minimum Gasteiger partial charge on any atom is -0.444 e. The zero-order chi connectivity index (χ0) is 32.0. The minimum atomic E-state index is -0.527. The molecule has 0 saturated heterocycles. The number of rotatable bonds is 13. The Hall–Kier alpha value is -2.46. The van der Waals surface area contributed by atoms with Crippen molar-refractivity contribution in [3.05, 3.63) is 11.6 Å². The first-order chi connectivity index (χ1) is 20.8. The maximum atomic E-state index is 12.4. The van der Waals surface area contributed by atoms with Crippen molar-refractivity contribution in [2.24, 2.45) is 39.7 Å². The van der Waals surface area contributed by atoms with Gasteiger partial charge in [-0.3, -0.25) is 9.59 Å². The number of Topliss-reactive ketones (excluding diaryl/α,β-unsaturated/α-hetero) is 1. The first-order valence-corrected chi connectivity index (χ1v) is 16.6. The number of hydrogen-bond acceptors (Lipinski definition) is 8. The van der Waals surface area contributed by atoms with E-state index in [4.69, 9.17) is 19.0 Å². The molecule has 0 spiro atoms. The first kappa shape index (κ1) is 34.4. The third-order valence-corrected chi connectivity index (χ3v) is 10.7. The number of allylic oxidation sites excluding steroid dienone is 2. The number of hydrogen-bond donors (Lipinski definition) is 2. The van der Waals surface area contributed by atoms with Crippen LogP contribution in [0, 0.1) is 34.5 Å². The molecule has 0 radical (unpaired) electrons. The number of oxime groups is 1. The number of ether oxygens (including phenoxy) is 3. The van der Waals surface area contributed by atoms with Crippen LogP contribution in [0.15, 0.2) is 16.8 Å². The Kier molecular flexibility index (Phi) is 11.5. The normalized spacial score (nSPS) is 32.1. The highest BCUT2D eigenvalue weighted by Crippen LogP contribution is 2.66. The summed E-state index contributed by atoms with van der Waals surface area (Å²) in [6, 6.07) is 0. The number of carbonyl (C=O) groups is 3. The minimum absolute atomic E-state index is 0.125. The van der Waals surface area contributed by atoms with Gasteiger partial charge in [0, 0.05) is 19.0 Å². The van der Waals surface area contributed by atoms with Gasteiger partial charge in [0.1, 0.15) is 11.4 Å². The lowest BCUT2D eigenvalue weighted by Crippen LogP contribution is -2.51. The summed E-state index contributed by atoms with van der Waals surface area (Å²) in [7, 11) is 0. The third kappa shape index (κ3) is 8.42. The number of carbonyl (C=O) groups excluding carboxylic acids is 3. The molecule has 10 nitrogen and oxygen atoms in total. The highest BCUT2D eigenvalue weighted by molar-refractivity contribution is 5.96. The molecule has 6 atom stereocenters. The van der Waals surface area contributed by atoms with Crippen molar-refractivity contribution >= 4 is 23.5 Å². The Bertz CT molecular complexity index is 1100. The monoisotopic (exact) mass is 617 g/mol. The van der Waals surface area contributed by atoms with Crippen LogP contribution in [-0.4, -0.2) is 75.2 Å². The molecule has 0 aromatic carbocycles. The van der Waals surface area contributed by atoms with Crippen molar-refractivity contribution in [3.8, 4) is 0 Å². The van der Waals surface area contributed by atoms with Gasteiger partial charge in [-0.25, -0.2) is 4.79 Å². The molecule has 0 aromatic heterocycles. The Morgan fingerprint density at radius 2 is 1.61 bits per heavy atom. The molecular weight excluding hydrogens is 562 g/mol. The van der Waals surface area contributed by atoms with E-state index in [1.165, 1.54) is 31.3 Å². The number of alkyl carbamates (subject to hydrolysis) is 1. The number of nitrogens with zero attached hydrogens (tertiary/aromatic N) is 1. The smallest absolute Gasteiger partial charge is 0.407 e. The highest BCUT2D eigenvalue weighted by atomic mass is 16.6. The van der Waals surface area contributed by atoms with Gasteiger partial charge in [0.2, 0.25) is 0 Å². The summed E-state index contributed by atoms with van der Waals surface area (Å²) in [5.41, 5.74) is 2.26. The second-order valence-corrected chi connectivity index (χ2v) is 14.6. The van der Waals surface area contributed by atoms with Gasteiger partial charge in [-0.15, -0.1) is 0 Å². The second-order valence-electron chi connectivity index (χ2n) is 14.6. The van der Waals surface area contributed by atoms with Crippen LogP contribution in [0.1, 0.15) is 92.9 Å². The Balaban J connectivity index is 1.10. The average molecular weight is 618 g/mol. The summed E-state index contributed by atoms with van der Waals surface area (Å²) in [6.07, 6.45) is 10.6. The third-order valence-electron chi connectivity index (χ3n) is 10.7. The molecule has 0 bridgehead atoms. The van der Waals surface area contributed by atoms with E-state index in [1.807, 2.05) is 20.8 Å². The molecule has 0 aromatic rings. The van der Waals surface area contributed by atoms with E-state index in [1.54, 1.807) is 6.92 Å². The molecule has 3 fully saturated rings. The zero-order valence-corrected chi connectivity index (χ0v) is 27.8. The number of nitrogens with one attached hydrogen (secondary N) is 2. The molecule has 44 heavy (non-hydrogen) atoms. The van der Waals surface area contributed by atoms with Gasteiger partial charge in [0.25, 0.3) is 5.91 Å². The lowest BCUT2D eigenvalue weighted by molar-refractivity contribution is -0.128. The molecular formula is C34H55N3O7. The van der Waals surface area contributed by atoms with Gasteiger partial charge in [-0.2, -0.15) is 0 Å². The largest absolute Gasteiger partial charge is 0.444 e. The molecule has 248 valence electrons. The summed E-state index contributed by atoms with van der Waals surface area (Å²) in [5.74, 6) is 2.46. The zero-order valence-electron chi connectivity index (χ0n) is 27.8. The average Bonchev–Trinajstić information content (AvgIpc) is 3.31. The maximum absolute atomic E-state index is 12.4. The standard InChI is InChI=1S/C34H55N3O7/c1-23(38)27-9-10-28-26-8-7-24-21-25(11-13-33(24,5)29(26)12-14-34(27,28)6)37-43-22-30(39)35-15-17-41-19-20-42-18-16-36-31(40)44-32(2,3)4/h21,26-29H,7-20,22H2,1-6H3,(H,35,39)(H,36,40)/b37-25+/t26?,27-,28?,29?,33+,34-/m1/s1. The van der Waals surface area contributed by atoms with Crippen molar-refractivity contribution in [2.45, 2.75) is 98.5 Å². The fourth-order valence-corrected chi connectivity index (χ4v) is 8.66. The SMILES string of the molecule is CC(=O)[C@H]1CCC2C3CCC4=C/C(=N/OCC(=O)NCCOCCOCCNC(=O)OC(C)(C)C)CC[C@]4(C)C3CC[C@@]21C. The first-order valence-electron chi connectivity index (χ1n) is 16.6. The van der Waals surface area contributed by atoms with Crippen LogP contribution in [0.3, 0.4) is 0 Å². The predicted octanol–water partition coefficient (Wildman–Crippen LogP) is 5.20. The topological polar surface area (TPSA) is 125 Å². The molecule has 0 aliphatic heterocycles. The van der Waals surface area contributed by atoms with Gasteiger partial charge in [-0.1, -0.05) is 24.6 Å². The summed E-state index contributed by atoms with van der Waals surface area (Å²) < 4.78 is 16.0. The van der Waals surface area contributed by atoms with Crippen LogP contribution in [0.4, 0.5) is 4.79 Å². The Morgan fingerprint density at radius 3 is 2.30 bits per heavy atom. The van der Waals surface area contributed by atoms with Crippen LogP contribution in [0.2, 0.25) is 0 Å². The van der Waals surface area contributed by atoms with E-state index < -0.39 is 11.7 Å². The van der Waals surface area contributed by atoms with Crippen molar-refractivity contribution in [2.75, 3.05) is 46.1 Å². The summed E-state index contributed by atoms with van der Waals surface area (Å²) in [4.78, 5) is 41.6. The van der Waals surface area contributed by atoms with E-state index in [9.17, 15) is 14.4 Å². The van der Waals surface area contributed by atoms with Gasteiger partial charge in [0.05, 0.1) is 32.1 Å². The summed E-state index contributed by atoms with van der Waals surface area (Å²) >= 11 is 0. The molecule has 0 heterocycles. The van der Waals surface area contributed by atoms with Crippen molar-refractivity contribution in [3.63, 3.8) is 0 Å². The molecule has 3 saturated carbocycles. The number of ketones is 1. The van der Waals surface area contributed by atoms with Crippen molar-refractivity contribution in [1.82, 2.24) is 10.6 Å². The Labute approximate surface area is 263 Å². The Morgan fingerprint density at radius 1 is 0.909 bits per heavy atom. The van der Waals surface area contributed by atoms with Gasteiger partial charge >= 0.3 is 6.09 Å². The van der Waals surface area contributed by atoms with E-state index in [2.05, 4.69) is 35.7 Å². The summed E-state index contributed by atoms with van der Waals surface area (Å²) in [6.45, 7) is 14.2. The van der Waals surface area contributed by atoms with Crippen LogP contribution in [0.5, 0.6) is 0 Å². The van der Waals surface area contributed by atoms with Crippen LogP contribution in [-0.2, 0) is 28.6 Å². The molecule has 10 heteroatoms. The fourth-order valence-electron chi connectivity index (χ4n) is 8.66. The van der Waals surface area contributed by atoms with Gasteiger partial charge in [-0.05, 0) is 114 Å². The van der Waals surface area contributed by atoms with Crippen LogP contribution in [0.25, 0.3) is 0 Å². The maximum Gasteiger partial charge on any atom is 0.407 e. The molecule has 3 unspecified atom stereocenters. The van der Waals surface area contributed by atoms with Crippen molar-refractivity contribution < 1.29 is 33.4 Å². The van der Waals surface area contributed by atoms with E-state index in [0.717, 1.165) is 31.4 Å². The predicted molar refractivity (Wildman–Crippen MR) is 168 cm³/mol. The molecule has 2 amide bonds. The van der Waals surface area contributed by atoms with E-state index in [-0.39, 0.29) is 29.3 Å². The number of amides is 2. The highest BCUT2D eigenvalue weighted by Gasteiger charge is 2.59. The summed E-state index contributed by atoms with van der Waals surface area (Å²) in [5, 5.41) is 9.73. The van der Waals surface area contributed by atoms with E-state index >= 15 is 0 Å². The lowest BCUT2D eigenvalue weighted by Gasteiger charge is -2.58. The molecule has 4 rings (SSSR count). The number of fused-ring (bicyclic) bond motifs is 5. The quantitative estimate of drug-likeness (QED) is 0.215. The molecule has 4 aliphatic rings. The second kappa shape index (κ2) is 14.8. The fraction of sp³-hybridized carbons (Fsp3) is 0.824. The van der Waals surface area contributed by atoms with Crippen LogP contribution >= 0.6 is 0 Å². The molecule has 4 aliphatic carbocycles. The van der Waals surface area contributed by atoms with Gasteiger partial charge < -0.3 is 29.7 Å². The van der Waals surface area contributed by atoms with E-state index in [0.29, 0.717) is 63.1 Å².